The second kappa shape index (κ2) is 5.08. The second-order valence-corrected chi connectivity index (χ2v) is 4.71. The fourth-order valence-corrected chi connectivity index (χ4v) is 2.37. The Balaban J connectivity index is 1.85. The zero-order valence-corrected chi connectivity index (χ0v) is 10.7. The molecule has 18 heavy (non-hydrogen) atoms. The summed E-state index contributed by atoms with van der Waals surface area (Å²) in [6.45, 7) is 1.62. The Labute approximate surface area is 110 Å². The molecule has 0 amide bonds. The van der Waals surface area contributed by atoms with Gasteiger partial charge in [0, 0.05) is 18.5 Å². The molecule has 1 aromatic carbocycles. The van der Waals surface area contributed by atoms with E-state index in [4.69, 9.17) is 16.3 Å². The summed E-state index contributed by atoms with van der Waals surface area (Å²) in [6, 6.07) is 7.83. The summed E-state index contributed by atoms with van der Waals surface area (Å²) in [6.07, 6.45) is 2.51. The monoisotopic (exact) mass is 263 g/mol. The number of nitrogens with zero attached hydrogens (tertiary/aromatic N) is 2. The van der Waals surface area contributed by atoms with Crippen LogP contribution in [-0.2, 0) is 4.74 Å². The van der Waals surface area contributed by atoms with Gasteiger partial charge in [0.15, 0.2) is 0 Å². The number of halogens is 1. The van der Waals surface area contributed by atoms with Gasteiger partial charge >= 0.3 is 0 Å². The first-order valence-electron chi connectivity index (χ1n) is 6.11. The van der Waals surface area contributed by atoms with Crippen LogP contribution in [0.25, 0.3) is 10.9 Å². The summed E-state index contributed by atoms with van der Waals surface area (Å²) >= 11 is 5.93. The van der Waals surface area contributed by atoms with Gasteiger partial charge in [-0.15, -0.1) is 0 Å². The maximum absolute atomic E-state index is 5.93. The van der Waals surface area contributed by atoms with E-state index in [-0.39, 0.29) is 11.4 Å². The Bertz CT molecular complexity index is 555. The molecule has 0 unspecified atom stereocenters. The third-order valence-electron chi connectivity index (χ3n) is 3.10. The minimum absolute atomic E-state index is 0.267. The van der Waals surface area contributed by atoms with Crippen LogP contribution in [0.4, 0.5) is 5.82 Å². The number of nitrogens with one attached hydrogen (secondary N) is 1. The van der Waals surface area contributed by atoms with Crippen molar-refractivity contribution in [1.82, 2.24) is 9.97 Å². The quantitative estimate of drug-likeness (QED) is 0.865. The summed E-state index contributed by atoms with van der Waals surface area (Å²) in [5.41, 5.74) is 0.854. The molecule has 0 radical (unpaired) electrons. The van der Waals surface area contributed by atoms with E-state index in [0.717, 1.165) is 42.7 Å². The van der Waals surface area contributed by atoms with Gasteiger partial charge in [0.1, 0.15) is 5.82 Å². The van der Waals surface area contributed by atoms with Crippen LogP contribution >= 0.6 is 11.6 Å². The number of hydrogen-bond acceptors (Lipinski definition) is 4. The molecular weight excluding hydrogens is 250 g/mol. The number of benzene rings is 1. The van der Waals surface area contributed by atoms with Gasteiger partial charge < -0.3 is 10.1 Å². The molecule has 5 heteroatoms. The van der Waals surface area contributed by atoms with Crippen molar-refractivity contribution >= 4 is 28.3 Å². The molecular formula is C13H14ClN3O. The molecule has 3 rings (SSSR count). The van der Waals surface area contributed by atoms with Crippen LogP contribution in [-0.4, -0.2) is 29.2 Å². The number of anilines is 1. The lowest BCUT2D eigenvalue weighted by Gasteiger charge is -2.12. The van der Waals surface area contributed by atoms with Crippen molar-refractivity contribution in [2.75, 3.05) is 18.5 Å². The number of para-hydroxylation sites is 1. The summed E-state index contributed by atoms with van der Waals surface area (Å²) in [5, 5.41) is 4.56. The molecule has 1 fully saturated rings. The van der Waals surface area contributed by atoms with Crippen LogP contribution < -0.4 is 5.32 Å². The number of rotatable bonds is 3. The molecule has 0 spiro atoms. The first kappa shape index (κ1) is 11.7. The molecule has 1 N–H and O–H groups in total. The lowest BCUT2D eigenvalue weighted by molar-refractivity contribution is 0.120. The number of aromatic nitrogens is 2. The fourth-order valence-electron chi connectivity index (χ4n) is 2.20. The van der Waals surface area contributed by atoms with E-state index in [0.29, 0.717) is 0 Å². The van der Waals surface area contributed by atoms with Gasteiger partial charge in [-0.3, -0.25) is 0 Å². The van der Waals surface area contributed by atoms with Crippen molar-refractivity contribution in [2.24, 2.45) is 0 Å². The molecule has 1 aliphatic rings. The molecule has 2 heterocycles. The Morgan fingerprint density at radius 3 is 3.06 bits per heavy atom. The van der Waals surface area contributed by atoms with Crippen molar-refractivity contribution in [2.45, 2.75) is 18.9 Å². The minimum atomic E-state index is 0.267. The molecule has 94 valence electrons. The van der Waals surface area contributed by atoms with E-state index in [1.165, 1.54) is 0 Å². The van der Waals surface area contributed by atoms with E-state index < -0.39 is 0 Å². The molecule has 1 aliphatic heterocycles. The first-order valence-corrected chi connectivity index (χ1v) is 6.48. The van der Waals surface area contributed by atoms with Gasteiger partial charge in [0.05, 0.1) is 11.6 Å². The molecule has 1 aromatic heterocycles. The normalized spacial score (nSPS) is 19.3. The highest BCUT2D eigenvalue weighted by molar-refractivity contribution is 6.28. The maximum Gasteiger partial charge on any atom is 0.224 e. The Morgan fingerprint density at radius 1 is 1.33 bits per heavy atom. The van der Waals surface area contributed by atoms with Gasteiger partial charge in [0.2, 0.25) is 5.28 Å². The molecule has 0 bridgehead atoms. The zero-order valence-electron chi connectivity index (χ0n) is 9.90. The standard InChI is InChI=1S/C13H14ClN3O/c14-13-16-11-6-2-1-5-10(11)12(17-13)15-8-9-4-3-7-18-9/h1-2,5-6,9H,3-4,7-8H2,(H,15,16,17)/t9-/m0/s1. The number of fused-ring (bicyclic) bond motifs is 1. The van der Waals surface area contributed by atoms with Crippen LogP contribution in [0.5, 0.6) is 0 Å². The highest BCUT2D eigenvalue weighted by Gasteiger charge is 2.16. The average Bonchev–Trinajstić information content (AvgIpc) is 2.89. The topological polar surface area (TPSA) is 47.0 Å². The van der Waals surface area contributed by atoms with Crippen molar-refractivity contribution in [3.63, 3.8) is 0 Å². The molecule has 2 aromatic rings. The zero-order chi connectivity index (χ0) is 12.4. The first-order chi connectivity index (χ1) is 8.83. The molecule has 0 aliphatic carbocycles. The Morgan fingerprint density at radius 2 is 2.22 bits per heavy atom. The minimum Gasteiger partial charge on any atom is -0.376 e. The predicted octanol–water partition coefficient (Wildman–Crippen LogP) is 2.87. The highest BCUT2D eigenvalue weighted by atomic mass is 35.5. The summed E-state index contributed by atoms with van der Waals surface area (Å²) in [4.78, 5) is 8.45. The van der Waals surface area contributed by atoms with E-state index in [1.807, 2.05) is 24.3 Å². The van der Waals surface area contributed by atoms with Crippen LogP contribution in [0, 0.1) is 0 Å². The van der Waals surface area contributed by atoms with Crippen molar-refractivity contribution < 1.29 is 4.74 Å². The fraction of sp³-hybridized carbons (Fsp3) is 0.385. The van der Waals surface area contributed by atoms with Gasteiger partial charge in [-0.2, -0.15) is 0 Å². The third kappa shape index (κ3) is 2.40. The predicted molar refractivity (Wildman–Crippen MR) is 72.0 cm³/mol. The van der Waals surface area contributed by atoms with Gasteiger partial charge in [0.25, 0.3) is 0 Å². The van der Waals surface area contributed by atoms with E-state index in [9.17, 15) is 0 Å². The summed E-state index contributed by atoms with van der Waals surface area (Å²) < 4.78 is 5.58. The number of hydrogen-bond donors (Lipinski definition) is 1. The molecule has 1 saturated heterocycles. The van der Waals surface area contributed by atoms with Gasteiger partial charge in [-0.05, 0) is 36.6 Å². The highest BCUT2D eigenvalue weighted by Crippen LogP contribution is 2.22. The van der Waals surface area contributed by atoms with Gasteiger partial charge in [-0.1, -0.05) is 12.1 Å². The lowest BCUT2D eigenvalue weighted by atomic mass is 10.2. The summed E-state index contributed by atoms with van der Waals surface area (Å²) in [7, 11) is 0. The summed E-state index contributed by atoms with van der Waals surface area (Å²) in [5.74, 6) is 0.779. The van der Waals surface area contributed by atoms with Crippen LogP contribution in [0.3, 0.4) is 0 Å². The Kier molecular flexibility index (Phi) is 3.30. The molecule has 1 atom stereocenters. The lowest BCUT2D eigenvalue weighted by Crippen LogP contribution is -2.19. The van der Waals surface area contributed by atoms with Crippen LogP contribution in [0.2, 0.25) is 5.28 Å². The van der Waals surface area contributed by atoms with E-state index >= 15 is 0 Å². The number of ether oxygens (including phenoxy) is 1. The van der Waals surface area contributed by atoms with E-state index in [2.05, 4.69) is 15.3 Å². The average molecular weight is 264 g/mol. The van der Waals surface area contributed by atoms with Crippen molar-refractivity contribution in [3.8, 4) is 0 Å². The van der Waals surface area contributed by atoms with Crippen molar-refractivity contribution in [1.29, 1.82) is 0 Å². The smallest absolute Gasteiger partial charge is 0.224 e. The van der Waals surface area contributed by atoms with Gasteiger partial charge in [-0.25, -0.2) is 9.97 Å². The second-order valence-electron chi connectivity index (χ2n) is 4.37. The Hall–Kier alpha value is -1.39. The van der Waals surface area contributed by atoms with Crippen molar-refractivity contribution in [3.05, 3.63) is 29.5 Å². The third-order valence-corrected chi connectivity index (χ3v) is 3.27. The molecule has 4 nitrogen and oxygen atoms in total. The maximum atomic E-state index is 5.93. The molecule has 0 saturated carbocycles. The van der Waals surface area contributed by atoms with Crippen LogP contribution in [0.1, 0.15) is 12.8 Å². The van der Waals surface area contributed by atoms with Crippen LogP contribution in [0.15, 0.2) is 24.3 Å². The SMILES string of the molecule is Clc1nc(NC[C@@H]2CCCO2)c2ccccc2n1. The van der Waals surface area contributed by atoms with E-state index in [1.54, 1.807) is 0 Å². The largest absolute Gasteiger partial charge is 0.376 e.